The van der Waals surface area contributed by atoms with Gasteiger partial charge in [0.05, 0.1) is 24.4 Å². The quantitative estimate of drug-likeness (QED) is 0.0559. The van der Waals surface area contributed by atoms with Gasteiger partial charge >= 0.3 is 0 Å². The maximum Gasteiger partial charge on any atom is 0.0576 e. The molecule has 12 atom stereocenters. The molecule has 694 valence electrons. The minimum absolute atomic E-state index is 0.464. The van der Waals surface area contributed by atoms with Crippen LogP contribution in [0.4, 0.5) is 0 Å². The first-order valence-electron chi connectivity index (χ1n) is 56.6. The number of rotatable bonds is 46. The minimum Gasteiger partial charge on any atom is -0.378 e. The van der Waals surface area contributed by atoms with Gasteiger partial charge in [0, 0.05) is 98.9 Å². The van der Waals surface area contributed by atoms with Crippen molar-refractivity contribution < 1.29 is 18.9 Å². The molecule has 14 aliphatic rings. The summed E-state index contributed by atoms with van der Waals surface area (Å²) < 4.78 is 28.7. The highest BCUT2D eigenvalue weighted by atomic mass is 16.5. The van der Waals surface area contributed by atoms with Crippen LogP contribution in [-0.2, 0) is 18.9 Å². The van der Waals surface area contributed by atoms with E-state index in [9.17, 15) is 0 Å². The predicted molar refractivity (Wildman–Crippen MR) is 509 cm³/mol. The number of unbranched alkanes of at least 4 members (excludes halogenated alkanes) is 20. The molecule has 14 saturated carbocycles. The van der Waals surface area contributed by atoms with Crippen molar-refractivity contribution in [1.82, 2.24) is 19.6 Å². The van der Waals surface area contributed by atoms with E-state index in [2.05, 4.69) is 75.0 Å². The molecular weight excluding hydrogens is 1470 g/mol. The van der Waals surface area contributed by atoms with Gasteiger partial charge in [0.1, 0.15) is 0 Å². The molecule has 0 bridgehead atoms. The summed E-state index contributed by atoms with van der Waals surface area (Å²) in [6.07, 6.45) is 101. The molecule has 0 heterocycles. The van der Waals surface area contributed by atoms with Crippen LogP contribution in [0.25, 0.3) is 0 Å². The normalized spacial score (nSPS) is 39.6. The second-order valence-electron chi connectivity index (χ2n) is 46.7. The summed E-state index contributed by atoms with van der Waals surface area (Å²) in [5, 5.41) is 0. The van der Waals surface area contributed by atoms with Crippen molar-refractivity contribution >= 4 is 0 Å². The maximum atomic E-state index is 7.17. The van der Waals surface area contributed by atoms with Crippen molar-refractivity contribution in [3.05, 3.63) is 0 Å². The lowest BCUT2D eigenvalue weighted by atomic mass is 9.38. The van der Waals surface area contributed by atoms with E-state index in [1.807, 2.05) is 0 Å². The van der Waals surface area contributed by atoms with E-state index in [0.717, 1.165) is 133 Å². The molecule has 14 aliphatic carbocycles. The fourth-order valence-electron chi connectivity index (χ4n) is 32.1. The van der Waals surface area contributed by atoms with Crippen molar-refractivity contribution in [2.75, 3.05) is 26.4 Å². The van der Waals surface area contributed by atoms with E-state index < -0.39 is 0 Å². The van der Waals surface area contributed by atoms with E-state index in [0.29, 0.717) is 72.8 Å². The van der Waals surface area contributed by atoms with Crippen LogP contribution in [0.3, 0.4) is 0 Å². The Hall–Kier alpha value is -0.320. The van der Waals surface area contributed by atoms with E-state index in [-0.39, 0.29) is 0 Å². The van der Waals surface area contributed by atoms with Crippen LogP contribution in [0.1, 0.15) is 505 Å². The van der Waals surface area contributed by atoms with E-state index in [1.54, 1.807) is 12.8 Å². The minimum atomic E-state index is 0.464. The van der Waals surface area contributed by atoms with Crippen LogP contribution >= 0.6 is 0 Å². The molecule has 8 nitrogen and oxygen atoms in total. The molecule has 8 heteroatoms. The van der Waals surface area contributed by atoms with Gasteiger partial charge in [0.2, 0.25) is 0 Å². The standard InChI is InChI=1S/C112H202N4O4/c1-9-13-17-21-25-35-75-117-97-67-59-93(60-68-97)113(89-51-43-83(5)44-52-89)105-81-107(115(91-55-47-85(7)48-56-91)95-63-71-99(72-64-95)119-77-37-27-23-19-15-11-3)109-102(88-41-33-30-34-42-88)80-104-106(114(90-53-45-84(6)46-54-90)94-61-69-98(70-62-94)118-76-36-26-22-18-14-10-2)82-108(110-101(87-39-31-29-32-40-87)79-103(105)111(109)112(104)110)116(92-57-49-86(8)50-58-92)96-65-73-100(74-66-96)120-78-38-28-24-20-16-12-4/h83-112H,9-82H2,1-8H3. The van der Waals surface area contributed by atoms with Crippen LogP contribution in [0, 0.1) is 82.9 Å². The zero-order valence-electron chi connectivity index (χ0n) is 81.1. The maximum absolute atomic E-state index is 7.17. The summed E-state index contributed by atoms with van der Waals surface area (Å²) in [6, 6.07) is 8.59. The molecule has 0 N–H and O–H groups in total. The molecular formula is C112H202N4O4. The molecule has 0 saturated heterocycles. The molecule has 0 aromatic carbocycles. The molecule has 0 aromatic rings. The first kappa shape index (κ1) is 95.8. The van der Waals surface area contributed by atoms with Gasteiger partial charge in [0.15, 0.2) is 0 Å². The van der Waals surface area contributed by atoms with Gasteiger partial charge in [-0.1, -0.05) is 248 Å². The Labute approximate surface area is 745 Å². The Morgan fingerprint density at radius 2 is 0.400 bits per heavy atom. The van der Waals surface area contributed by atoms with E-state index in [4.69, 9.17) is 18.9 Å². The SMILES string of the molecule is CCCCCCCCOC1CCC(N(C2CCC(C)CC2)C2CC(N(C3CCC(C)CC3)C3CCC(OCCCCCCCC)CC3)C3C(C4CCCCC4)CC4C5C3C2CC(C2CCCCC2)C5C(N(C2CCC(C)CC2)C2CCC(OCCCCCCCC)CC2)CC4N(C2CCC(C)CC2)C2CCC(OCCCCCCCC)CC2)CC1. The Morgan fingerprint density at radius 1 is 0.192 bits per heavy atom. The lowest BCUT2D eigenvalue weighted by Gasteiger charge is -2.73. The number of hydrogen-bond donors (Lipinski definition) is 0. The van der Waals surface area contributed by atoms with Gasteiger partial charge in [-0.3, -0.25) is 19.6 Å². The van der Waals surface area contributed by atoms with E-state index >= 15 is 0 Å². The summed E-state index contributed by atoms with van der Waals surface area (Å²) in [7, 11) is 0. The highest BCUT2D eigenvalue weighted by Gasteiger charge is 2.69. The van der Waals surface area contributed by atoms with Gasteiger partial charge in [-0.25, -0.2) is 0 Å². The van der Waals surface area contributed by atoms with Crippen LogP contribution in [0.5, 0.6) is 0 Å². The zero-order chi connectivity index (χ0) is 82.8. The Bertz CT molecular complexity index is 2490. The average molecular weight is 1670 g/mol. The Morgan fingerprint density at radius 3 is 0.633 bits per heavy atom. The number of hydrogen-bond acceptors (Lipinski definition) is 8. The van der Waals surface area contributed by atoms with Crippen molar-refractivity contribution in [3.63, 3.8) is 0 Å². The molecule has 0 aliphatic heterocycles. The summed E-state index contributed by atoms with van der Waals surface area (Å²) in [5.41, 5.74) is 0. The van der Waals surface area contributed by atoms with Gasteiger partial charge in [-0.15, -0.1) is 0 Å². The number of ether oxygens (including phenoxy) is 4. The van der Waals surface area contributed by atoms with Gasteiger partial charge < -0.3 is 18.9 Å². The molecule has 0 aromatic heterocycles. The summed E-state index contributed by atoms with van der Waals surface area (Å²) >= 11 is 0. The van der Waals surface area contributed by atoms with Crippen molar-refractivity contribution in [3.8, 4) is 0 Å². The fourth-order valence-corrected chi connectivity index (χ4v) is 32.1. The lowest BCUT2D eigenvalue weighted by molar-refractivity contribution is -0.235. The highest BCUT2D eigenvalue weighted by molar-refractivity contribution is 5.20. The summed E-state index contributed by atoms with van der Waals surface area (Å²) in [6.45, 7) is 24.2. The average Bonchev–Trinajstić information content (AvgIpc) is 0.684. The second kappa shape index (κ2) is 50.9. The van der Waals surface area contributed by atoms with Crippen LogP contribution in [0.15, 0.2) is 0 Å². The summed E-state index contributed by atoms with van der Waals surface area (Å²) in [5.74, 6) is 12.0. The summed E-state index contributed by atoms with van der Waals surface area (Å²) in [4.78, 5) is 14.8. The molecule has 120 heavy (non-hydrogen) atoms. The monoisotopic (exact) mass is 1670 g/mol. The first-order chi connectivity index (χ1) is 59.1. The molecule has 0 spiro atoms. The number of nitrogens with zero attached hydrogens (tertiary/aromatic N) is 4. The van der Waals surface area contributed by atoms with E-state index in [1.165, 1.54) is 437 Å². The van der Waals surface area contributed by atoms with Crippen molar-refractivity contribution in [2.24, 2.45) is 82.9 Å². The fraction of sp³-hybridized carbons (Fsp3) is 1.00. The van der Waals surface area contributed by atoms with Crippen LogP contribution < -0.4 is 0 Å². The largest absolute Gasteiger partial charge is 0.378 e. The van der Waals surface area contributed by atoms with Crippen LogP contribution in [0.2, 0.25) is 0 Å². The van der Waals surface area contributed by atoms with Gasteiger partial charge in [-0.05, 0) is 340 Å². The molecule has 0 amide bonds. The first-order valence-corrected chi connectivity index (χ1v) is 56.6. The van der Waals surface area contributed by atoms with Gasteiger partial charge in [-0.2, -0.15) is 0 Å². The predicted octanol–water partition coefficient (Wildman–Crippen LogP) is 30.4. The Kier molecular flexibility index (Phi) is 40.6. The molecule has 12 unspecified atom stereocenters. The van der Waals surface area contributed by atoms with Crippen molar-refractivity contribution in [2.45, 2.75) is 602 Å². The smallest absolute Gasteiger partial charge is 0.0576 e. The molecule has 14 rings (SSSR count). The molecule has 0 radical (unpaired) electrons. The van der Waals surface area contributed by atoms with Gasteiger partial charge in [0.25, 0.3) is 0 Å². The lowest BCUT2D eigenvalue weighted by Crippen LogP contribution is -2.75. The zero-order valence-corrected chi connectivity index (χ0v) is 81.1. The Balaban J connectivity index is 0.912. The third-order valence-electron chi connectivity index (χ3n) is 38.6. The van der Waals surface area contributed by atoms with Crippen molar-refractivity contribution in [1.29, 1.82) is 0 Å². The second-order valence-corrected chi connectivity index (χ2v) is 46.7. The highest BCUT2D eigenvalue weighted by Crippen LogP contribution is 2.70. The third kappa shape index (κ3) is 26.1. The molecule has 14 fully saturated rings. The van der Waals surface area contributed by atoms with Crippen LogP contribution in [-0.4, -0.2) is 143 Å². The topological polar surface area (TPSA) is 49.9 Å². The third-order valence-corrected chi connectivity index (χ3v) is 38.6.